The first-order valence-electron chi connectivity index (χ1n) is 11.9. The Morgan fingerprint density at radius 3 is 2.54 bits per heavy atom. The molecule has 3 aromatic rings. The number of fused-ring (bicyclic) bond motifs is 1. The molecule has 1 fully saturated rings. The molecule has 0 amide bonds. The number of rotatable bonds is 10. The number of aliphatic hydroxyl groups excluding tert-OH is 3. The molecule has 0 unspecified atom stereocenters. The Morgan fingerprint density at radius 1 is 1.15 bits per heavy atom. The van der Waals surface area contributed by atoms with Gasteiger partial charge in [-0.2, -0.15) is 15.1 Å². The molecule has 0 aliphatic carbocycles. The van der Waals surface area contributed by atoms with Crippen LogP contribution < -0.4 is 5.32 Å². The molecule has 4 N–H and O–H groups in total. The Bertz CT molecular complexity index is 1420. The second kappa shape index (κ2) is 11.6. The fraction of sp³-hybridized carbons (Fsp3) is 0.435. The number of Topliss-reactive ketones (excluding diaryl/α,β-unsaturated/α-hetero) is 1. The number of nitrogens with zero attached hydrogens (tertiary/aromatic N) is 6. The Balaban J connectivity index is 1.82. The number of ketones is 1. The summed E-state index contributed by atoms with van der Waals surface area (Å²) in [6.07, 6.45) is -0.0312. The molecule has 208 valence electrons. The van der Waals surface area contributed by atoms with Crippen molar-refractivity contribution in [1.82, 2.24) is 29.3 Å². The van der Waals surface area contributed by atoms with Crippen LogP contribution in [0.15, 0.2) is 30.5 Å². The highest BCUT2D eigenvalue weighted by atomic mass is 16.6. The van der Waals surface area contributed by atoms with Gasteiger partial charge in [0.1, 0.15) is 23.9 Å². The molecule has 4 heterocycles. The number of anilines is 1. The van der Waals surface area contributed by atoms with E-state index < -0.39 is 48.9 Å². The first kappa shape index (κ1) is 27.8. The van der Waals surface area contributed by atoms with Gasteiger partial charge < -0.3 is 34.8 Å². The number of hydrogen-bond donors (Lipinski definition) is 4. The van der Waals surface area contributed by atoms with Crippen molar-refractivity contribution in [3.8, 4) is 5.95 Å². The lowest BCUT2D eigenvalue weighted by atomic mass is 10.1. The molecule has 1 aliphatic rings. The molecular weight excluding hydrogens is 518 g/mol. The lowest BCUT2D eigenvalue weighted by Crippen LogP contribution is -2.33. The van der Waals surface area contributed by atoms with Gasteiger partial charge >= 0.3 is 11.9 Å². The summed E-state index contributed by atoms with van der Waals surface area (Å²) in [6, 6.07) is 0. The lowest BCUT2D eigenvalue weighted by Gasteiger charge is -2.17. The van der Waals surface area contributed by atoms with Crippen molar-refractivity contribution in [2.45, 2.75) is 45.3 Å². The minimum absolute atomic E-state index is 0.0247. The van der Waals surface area contributed by atoms with Gasteiger partial charge in [-0.25, -0.2) is 19.3 Å². The van der Waals surface area contributed by atoms with Crippen LogP contribution in [0.1, 0.15) is 37.4 Å². The smallest absolute Gasteiger partial charge is 0.343 e. The van der Waals surface area contributed by atoms with Gasteiger partial charge in [-0.1, -0.05) is 0 Å². The van der Waals surface area contributed by atoms with Gasteiger partial charge in [-0.15, -0.1) is 0 Å². The van der Waals surface area contributed by atoms with Crippen LogP contribution in [-0.4, -0.2) is 100 Å². The summed E-state index contributed by atoms with van der Waals surface area (Å²) in [4.78, 5) is 49.5. The normalized spacial score (nSPS) is 21.2. The standard InChI is InChI=1S/C23H27N7O9/c1-4-37-21(35)12-6-26-30(8-12)23-27-18(24-7-13(11(3)32)22(36)38-5-2)15-19(28-23)29(10-25-15)20-17(34)16(33)14(9-31)39-20/h6-8,10,14,16-17,20,31,33-34H,4-5,9H2,1-3H3,(H,24,27,28)/b13-7+/t14-,16-,17-,20-/m1/s1. The first-order valence-corrected chi connectivity index (χ1v) is 11.9. The zero-order valence-corrected chi connectivity index (χ0v) is 21.2. The number of ether oxygens (including phenoxy) is 3. The predicted octanol–water partition coefficient (Wildman–Crippen LogP) is -0.752. The molecule has 3 aromatic heterocycles. The van der Waals surface area contributed by atoms with E-state index in [0.717, 1.165) is 6.20 Å². The van der Waals surface area contributed by atoms with Crippen molar-refractivity contribution in [2.24, 2.45) is 0 Å². The zero-order valence-electron chi connectivity index (χ0n) is 21.2. The summed E-state index contributed by atoms with van der Waals surface area (Å²) in [5, 5.41) is 37.1. The third kappa shape index (κ3) is 5.49. The van der Waals surface area contributed by atoms with E-state index >= 15 is 0 Å². The van der Waals surface area contributed by atoms with Crippen molar-refractivity contribution in [3.05, 3.63) is 36.1 Å². The van der Waals surface area contributed by atoms with E-state index in [0.29, 0.717) is 0 Å². The van der Waals surface area contributed by atoms with Crippen LogP contribution in [0.2, 0.25) is 0 Å². The van der Waals surface area contributed by atoms with Gasteiger partial charge in [0.2, 0.25) is 0 Å². The summed E-state index contributed by atoms with van der Waals surface area (Å²) in [5.41, 5.74) is 0.0848. The van der Waals surface area contributed by atoms with Crippen LogP contribution in [0.3, 0.4) is 0 Å². The molecule has 4 atom stereocenters. The van der Waals surface area contributed by atoms with Gasteiger partial charge in [0.25, 0.3) is 5.95 Å². The summed E-state index contributed by atoms with van der Waals surface area (Å²) in [6.45, 7) is 4.14. The number of aromatic nitrogens is 6. The van der Waals surface area contributed by atoms with Gasteiger partial charge in [-0.05, 0) is 20.8 Å². The summed E-state index contributed by atoms with van der Waals surface area (Å²) in [7, 11) is 0. The first-order chi connectivity index (χ1) is 18.7. The molecule has 4 rings (SSSR count). The molecule has 16 nitrogen and oxygen atoms in total. The molecule has 1 saturated heterocycles. The van der Waals surface area contributed by atoms with Crippen LogP contribution >= 0.6 is 0 Å². The number of esters is 2. The largest absolute Gasteiger partial charge is 0.462 e. The van der Waals surface area contributed by atoms with E-state index in [1.807, 2.05) is 0 Å². The average Bonchev–Trinajstić information content (AvgIpc) is 3.62. The number of aliphatic hydroxyl groups is 3. The molecule has 16 heteroatoms. The maximum atomic E-state index is 12.2. The summed E-state index contributed by atoms with van der Waals surface area (Å²) in [5.74, 6) is -2.05. The maximum Gasteiger partial charge on any atom is 0.343 e. The second-order valence-electron chi connectivity index (χ2n) is 8.30. The predicted molar refractivity (Wildman–Crippen MR) is 130 cm³/mol. The van der Waals surface area contributed by atoms with Crippen molar-refractivity contribution in [3.63, 3.8) is 0 Å². The molecular formula is C23H27N7O9. The zero-order chi connectivity index (χ0) is 28.3. The van der Waals surface area contributed by atoms with Crippen LogP contribution in [0.5, 0.6) is 0 Å². The quantitative estimate of drug-likeness (QED) is 0.107. The highest BCUT2D eigenvalue weighted by Crippen LogP contribution is 2.32. The third-order valence-corrected chi connectivity index (χ3v) is 5.73. The van der Waals surface area contributed by atoms with Crippen LogP contribution in [-0.2, 0) is 23.8 Å². The molecule has 0 radical (unpaired) electrons. The highest BCUT2D eigenvalue weighted by Gasteiger charge is 2.44. The second-order valence-corrected chi connectivity index (χ2v) is 8.30. The van der Waals surface area contributed by atoms with Crippen LogP contribution in [0, 0.1) is 0 Å². The van der Waals surface area contributed by atoms with E-state index in [1.165, 1.54) is 34.9 Å². The third-order valence-electron chi connectivity index (χ3n) is 5.73. The average molecular weight is 546 g/mol. The van der Waals surface area contributed by atoms with E-state index in [9.17, 15) is 29.7 Å². The number of hydrogen-bond acceptors (Lipinski definition) is 14. The van der Waals surface area contributed by atoms with E-state index in [-0.39, 0.29) is 47.3 Å². The fourth-order valence-corrected chi connectivity index (χ4v) is 3.81. The molecule has 39 heavy (non-hydrogen) atoms. The van der Waals surface area contributed by atoms with E-state index in [1.54, 1.807) is 13.8 Å². The number of imidazole rings is 1. The molecule has 0 saturated carbocycles. The van der Waals surface area contributed by atoms with E-state index in [2.05, 4.69) is 25.4 Å². The number of nitrogens with one attached hydrogen (secondary N) is 1. The fourth-order valence-electron chi connectivity index (χ4n) is 3.81. The molecule has 0 spiro atoms. The SMILES string of the molecule is CCOC(=O)/C(=C/Nc1nc(-n2cc(C(=O)OCC)cn2)nc2c1ncn2[C@@H]1O[C@H](CO)[C@@H](O)[C@H]1O)C(C)=O. The Hall–Kier alpha value is -4.25. The van der Waals surface area contributed by atoms with Crippen LogP contribution in [0.4, 0.5) is 5.82 Å². The summed E-state index contributed by atoms with van der Waals surface area (Å²) >= 11 is 0. The Kier molecular flexibility index (Phi) is 8.29. The number of carbonyl (C=O) groups excluding carboxylic acids is 3. The van der Waals surface area contributed by atoms with Gasteiger partial charge in [0.05, 0.1) is 37.9 Å². The molecule has 0 bridgehead atoms. The minimum Gasteiger partial charge on any atom is -0.462 e. The van der Waals surface area contributed by atoms with E-state index in [4.69, 9.17) is 14.2 Å². The Labute approximate surface area is 220 Å². The topological polar surface area (TPSA) is 213 Å². The Morgan fingerprint density at radius 2 is 1.90 bits per heavy atom. The summed E-state index contributed by atoms with van der Waals surface area (Å²) < 4.78 is 18.0. The van der Waals surface area contributed by atoms with Crippen molar-refractivity contribution >= 4 is 34.7 Å². The van der Waals surface area contributed by atoms with Gasteiger partial charge in [0, 0.05) is 12.4 Å². The van der Waals surface area contributed by atoms with Gasteiger partial charge in [0.15, 0.2) is 29.0 Å². The number of carbonyl (C=O) groups is 3. The lowest BCUT2D eigenvalue weighted by molar-refractivity contribution is -0.139. The van der Waals surface area contributed by atoms with Crippen molar-refractivity contribution in [2.75, 3.05) is 25.1 Å². The van der Waals surface area contributed by atoms with Crippen molar-refractivity contribution < 1.29 is 43.9 Å². The van der Waals surface area contributed by atoms with Crippen LogP contribution in [0.25, 0.3) is 17.1 Å². The maximum absolute atomic E-state index is 12.2. The monoisotopic (exact) mass is 545 g/mol. The van der Waals surface area contributed by atoms with Crippen molar-refractivity contribution in [1.29, 1.82) is 0 Å². The van der Waals surface area contributed by atoms with Gasteiger partial charge in [-0.3, -0.25) is 9.36 Å². The molecule has 0 aromatic carbocycles. The minimum atomic E-state index is -1.43. The molecule has 1 aliphatic heterocycles. The highest BCUT2D eigenvalue weighted by molar-refractivity contribution is 6.16.